The molecular formula is C11H9NO3. The van der Waals surface area contributed by atoms with Gasteiger partial charge in [-0.2, -0.15) is 0 Å². The van der Waals surface area contributed by atoms with Crippen LogP contribution in [0.1, 0.15) is 5.89 Å². The van der Waals surface area contributed by atoms with Crippen LogP contribution in [0, 0.1) is 0 Å². The zero-order valence-corrected chi connectivity index (χ0v) is 7.88. The van der Waals surface area contributed by atoms with Gasteiger partial charge >= 0.3 is 5.97 Å². The van der Waals surface area contributed by atoms with E-state index in [2.05, 4.69) is 4.98 Å². The summed E-state index contributed by atoms with van der Waals surface area (Å²) in [5.74, 6) is -0.135. The van der Waals surface area contributed by atoms with Crippen molar-refractivity contribution in [1.29, 1.82) is 0 Å². The minimum absolute atomic E-state index is 0.188. The molecule has 0 bridgehead atoms. The van der Waals surface area contributed by atoms with E-state index in [1.807, 2.05) is 30.3 Å². The number of benzene rings is 1. The quantitative estimate of drug-likeness (QED) is 0.828. The predicted octanol–water partition coefficient (Wildman–Crippen LogP) is 1.97. The number of aliphatic carboxylic acids is 1. The third-order valence-electron chi connectivity index (χ3n) is 1.91. The van der Waals surface area contributed by atoms with Crippen molar-refractivity contribution in [2.45, 2.75) is 6.42 Å². The monoisotopic (exact) mass is 203 g/mol. The molecule has 0 fully saturated rings. The van der Waals surface area contributed by atoms with Crippen molar-refractivity contribution in [2.24, 2.45) is 0 Å². The van der Waals surface area contributed by atoms with Gasteiger partial charge in [-0.05, 0) is 0 Å². The first-order chi connectivity index (χ1) is 7.25. The van der Waals surface area contributed by atoms with Gasteiger partial charge < -0.3 is 9.52 Å². The lowest BCUT2D eigenvalue weighted by molar-refractivity contribution is -0.136. The molecule has 0 saturated heterocycles. The topological polar surface area (TPSA) is 63.3 Å². The van der Waals surface area contributed by atoms with Crippen molar-refractivity contribution in [3.63, 3.8) is 0 Å². The molecule has 1 heterocycles. The highest BCUT2D eigenvalue weighted by molar-refractivity contribution is 5.69. The van der Waals surface area contributed by atoms with Crippen LogP contribution < -0.4 is 0 Å². The van der Waals surface area contributed by atoms with Crippen molar-refractivity contribution in [1.82, 2.24) is 4.98 Å². The van der Waals surface area contributed by atoms with Gasteiger partial charge in [-0.1, -0.05) is 30.3 Å². The molecule has 0 aliphatic rings. The normalized spacial score (nSPS) is 10.1. The van der Waals surface area contributed by atoms with Crippen molar-refractivity contribution >= 4 is 5.97 Å². The fourth-order valence-corrected chi connectivity index (χ4v) is 1.26. The van der Waals surface area contributed by atoms with Gasteiger partial charge in [0.2, 0.25) is 5.89 Å². The summed E-state index contributed by atoms with van der Waals surface area (Å²) in [6.07, 6.45) is 1.35. The Morgan fingerprint density at radius 1 is 1.33 bits per heavy atom. The van der Waals surface area contributed by atoms with E-state index in [9.17, 15) is 4.79 Å². The highest BCUT2D eigenvalue weighted by Crippen LogP contribution is 2.19. The maximum Gasteiger partial charge on any atom is 0.312 e. The number of carbonyl (C=O) groups is 1. The predicted molar refractivity (Wildman–Crippen MR) is 53.3 cm³/mol. The summed E-state index contributed by atoms with van der Waals surface area (Å²) in [6.45, 7) is 0. The maximum absolute atomic E-state index is 10.4. The molecule has 1 aromatic heterocycles. The lowest BCUT2D eigenvalue weighted by atomic mass is 10.2. The number of rotatable bonds is 3. The largest absolute Gasteiger partial charge is 0.481 e. The van der Waals surface area contributed by atoms with Gasteiger partial charge in [0.25, 0.3) is 0 Å². The Bertz CT molecular complexity index is 462. The molecule has 0 aliphatic carbocycles. The van der Waals surface area contributed by atoms with E-state index in [0.717, 1.165) is 5.56 Å². The van der Waals surface area contributed by atoms with Crippen LogP contribution in [0.3, 0.4) is 0 Å². The van der Waals surface area contributed by atoms with Crippen molar-refractivity contribution in [3.05, 3.63) is 42.4 Å². The van der Waals surface area contributed by atoms with E-state index < -0.39 is 5.97 Å². The molecule has 4 nitrogen and oxygen atoms in total. The highest BCUT2D eigenvalue weighted by atomic mass is 16.4. The van der Waals surface area contributed by atoms with Gasteiger partial charge in [0.1, 0.15) is 6.42 Å². The zero-order valence-electron chi connectivity index (χ0n) is 7.88. The summed E-state index contributed by atoms with van der Waals surface area (Å²) >= 11 is 0. The van der Waals surface area contributed by atoms with Crippen LogP contribution in [0.2, 0.25) is 0 Å². The Kier molecular flexibility index (Phi) is 2.49. The molecule has 0 aliphatic heterocycles. The second-order valence-corrected chi connectivity index (χ2v) is 3.05. The molecule has 76 valence electrons. The Hall–Kier alpha value is -2.10. The summed E-state index contributed by atoms with van der Waals surface area (Å²) < 4.78 is 5.29. The molecule has 1 aromatic carbocycles. The standard InChI is InChI=1S/C11H9NO3/c13-11(14)6-10-12-7-9(15-10)8-4-2-1-3-5-8/h1-5,7H,6H2,(H,13,14). The Morgan fingerprint density at radius 3 is 2.73 bits per heavy atom. The SMILES string of the molecule is O=C(O)Cc1ncc(-c2ccccc2)o1. The molecule has 0 amide bonds. The molecular weight excluding hydrogens is 194 g/mol. The lowest BCUT2D eigenvalue weighted by Crippen LogP contribution is -1.99. The second kappa shape index (κ2) is 3.96. The van der Waals surface area contributed by atoms with Crippen molar-refractivity contribution < 1.29 is 14.3 Å². The third kappa shape index (κ3) is 2.22. The van der Waals surface area contributed by atoms with Crippen LogP contribution in [0.4, 0.5) is 0 Å². The number of carboxylic acid groups (broad SMARTS) is 1. The van der Waals surface area contributed by atoms with E-state index in [1.165, 1.54) is 6.20 Å². The summed E-state index contributed by atoms with van der Waals surface area (Å²) in [6, 6.07) is 9.43. The van der Waals surface area contributed by atoms with Crippen LogP contribution in [0.25, 0.3) is 11.3 Å². The first kappa shape index (κ1) is 9.45. The van der Waals surface area contributed by atoms with Crippen molar-refractivity contribution in [3.8, 4) is 11.3 Å². The molecule has 0 spiro atoms. The Morgan fingerprint density at radius 2 is 2.07 bits per heavy atom. The summed E-state index contributed by atoms with van der Waals surface area (Å²) in [5, 5.41) is 8.55. The van der Waals surface area contributed by atoms with E-state index in [-0.39, 0.29) is 12.3 Å². The van der Waals surface area contributed by atoms with Crippen LogP contribution in [0.5, 0.6) is 0 Å². The molecule has 0 unspecified atom stereocenters. The Labute approximate surface area is 86.2 Å². The molecule has 0 saturated carbocycles. The average Bonchev–Trinajstić information content (AvgIpc) is 2.67. The fourth-order valence-electron chi connectivity index (χ4n) is 1.26. The Balaban J connectivity index is 2.24. The molecule has 2 rings (SSSR count). The second-order valence-electron chi connectivity index (χ2n) is 3.05. The first-order valence-electron chi connectivity index (χ1n) is 4.47. The van der Waals surface area contributed by atoms with Crippen LogP contribution >= 0.6 is 0 Å². The molecule has 1 N–H and O–H groups in total. The minimum Gasteiger partial charge on any atom is -0.481 e. The van der Waals surface area contributed by atoms with E-state index >= 15 is 0 Å². The smallest absolute Gasteiger partial charge is 0.312 e. The molecule has 0 radical (unpaired) electrons. The van der Waals surface area contributed by atoms with Crippen LogP contribution in [-0.4, -0.2) is 16.1 Å². The number of carboxylic acids is 1. The summed E-state index contributed by atoms with van der Waals surface area (Å²) in [4.78, 5) is 14.3. The number of aromatic nitrogens is 1. The summed E-state index contributed by atoms with van der Waals surface area (Å²) in [7, 11) is 0. The first-order valence-corrected chi connectivity index (χ1v) is 4.47. The number of hydrogen-bond donors (Lipinski definition) is 1. The van der Waals surface area contributed by atoms with Crippen LogP contribution in [0.15, 0.2) is 40.9 Å². The van der Waals surface area contributed by atoms with Crippen LogP contribution in [-0.2, 0) is 11.2 Å². The maximum atomic E-state index is 10.4. The van der Waals surface area contributed by atoms with E-state index in [4.69, 9.17) is 9.52 Å². The lowest BCUT2D eigenvalue weighted by Gasteiger charge is -1.93. The average molecular weight is 203 g/mol. The molecule has 0 atom stereocenters. The minimum atomic E-state index is -0.948. The third-order valence-corrected chi connectivity index (χ3v) is 1.91. The number of nitrogens with zero attached hydrogens (tertiary/aromatic N) is 1. The van der Waals surface area contributed by atoms with Crippen molar-refractivity contribution in [2.75, 3.05) is 0 Å². The van der Waals surface area contributed by atoms with Gasteiger partial charge in [0, 0.05) is 5.56 Å². The van der Waals surface area contributed by atoms with E-state index in [0.29, 0.717) is 5.76 Å². The number of hydrogen-bond acceptors (Lipinski definition) is 3. The van der Waals surface area contributed by atoms with Gasteiger partial charge in [0.05, 0.1) is 6.20 Å². The molecule has 2 aromatic rings. The molecule has 15 heavy (non-hydrogen) atoms. The zero-order chi connectivity index (χ0) is 10.7. The van der Waals surface area contributed by atoms with Gasteiger partial charge in [-0.15, -0.1) is 0 Å². The summed E-state index contributed by atoms with van der Waals surface area (Å²) in [5.41, 5.74) is 0.890. The van der Waals surface area contributed by atoms with E-state index in [1.54, 1.807) is 0 Å². The highest BCUT2D eigenvalue weighted by Gasteiger charge is 2.08. The van der Waals surface area contributed by atoms with Gasteiger partial charge in [-0.25, -0.2) is 4.98 Å². The number of oxazole rings is 1. The van der Waals surface area contributed by atoms with Gasteiger partial charge in [0.15, 0.2) is 5.76 Å². The van der Waals surface area contributed by atoms with Gasteiger partial charge in [-0.3, -0.25) is 4.79 Å². The fraction of sp³-hybridized carbons (Fsp3) is 0.0909. The molecule has 4 heteroatoms.